The van der Waals surface area contributed by atoms with Gasteiger partial charge in [0.1, 0.15) is 10.4 Å². The molecule has 0 saturated heterocycles. The van der Waals surface area contributed by atoms with Crippen molar-refractivity contribution in [3.8, 4) is 6.07 Å². The first kappa shape index (κ1) is 13.7. The van der Waals surface area contributed by atoms with E-state index in [1.165, 1.54) is 11.3 Å². The Bertz CT molecular complexity index is 570. The predicted octanol–water partition coefficient (Wildman–Crippen LogP) is 5.49. The normalized spacial score (nSPS) is 11.9. The summed E-state index contributed by atoms with van der Waals surface area (Å²) >= 11 is 16.5. The van der Waals surface area contributed by atoms with Crippen molar-refractivity contribution in [1.82, 2.24) is 0 Å². The second-order valence-corrected chi connectivity index (χ2v) is 6.46. The van der Waals surface area contributed by atoms with Gasteiger partial charge >= 0.3 is 0 Å². The maximum atomic E-state index is 9.21. The van der Waals surface area contributed by atoms with Crippen molar-refractivity contribution in [3.05, 3.63) is 49.0 Å². The Balaban J connectivity index is 2.20. The van der Waals surface area contributed by atoms with E-state index in [2.05, 4.69) is 27.3 Å². The topological polar surface area (TPSA) is 35.8 Å². The minimum atomic E-state index is -0.431. The molecule has 1 aromatic carbocycles. The van der Waals surface area contributed by atoms with Crippen LogP contribution in [0.1, 0.15) is 10.9 Å². The minimum absolute atomic E-state index is 0.431. The Hall–Kier alpha value is -0.730. The summed E-state index contributed by atoms with van der Waals surface area (Å²) in [6.07, 6.45) is 0. The van der Waals surface area contributed by atoms with Crippen LogP contribution in [-0.4, -0.2) is 0 Å². The molecule has 1 aromatic heterocycles. The van der Waals surface area contributed by atoms with Gasteiger partial charge in [0.2, 0.25) is 0 Å². The van der Waals surface area contributed by atoms with E-state index in [1.54, 1.807) is 12.1 Å². The summed E-state index contributed by atoms with van der Waals surface area (Å²) in [5, 5.41) is 13.0. The Morgan fingerprint density at radius 2 is 1.94 bits per heavy atom. The predicted molar refractivity (Wildman–Crippen MR) is 80.5 cm³/mol. The van der Waals surface area contributed by atoms with Gasteiger partial charge < -0.3 is 5.32 Å². The van der Waals surface area contributed by atoms with E-state index >= 15 is 0 Å². The third-order valence-electron chi connectivity index (χ3n) is 2.23. The molecule has 0 aliphatic heterocycles. The number of anilines is 1. The van der Waals surface area contributed by atoms with Gasteiger partial charge in [0.25, 0.3) is 0 Å². The van der Waals surface area contributed by atoms with Crippen LogP contribution in [0, 0.1) is 11.3 Å². The van der Waals surface area contributed by atoms with Gasteiger partial charge in [-0.05, 0) is 46.3 Å². The Morgan fingerprint density at radius 3 is 2.44 bits per heavy atom. The summed E-state index contributed by atoms with van der Waals surface area (Å²) in [7, 11) is 0. The molecule has 1 atom stereocenters. The van der Waals surface area contributed by atoms with Crippen molar-refractivity contribution >= 4 is 56.2 Å². The van der Waals surface area contributed by atoms with Crippen molar-refractivity contribution in [2.45, 2.75) is 6.04 Å². The molecule has 18 heavy (non-hydrogen) atoms. The molecule has 1 heterocycles. The third-order valence-corrected chi connectivity index (χ3v) is 5.02. The number of nitrogens with one attached hydrogen (secondary N) is 1. The average Bonchev–Trinajstić information content (AvgIpc) is 2.69. The van der Waals surface area contributed by atoms with E-state index in [9.17, 15) is 5.26 Å². The fourth-order valence-corrected chi connectivity index (χ4v) is 3.24. The van der Waals surface area contributed by atoms with Gasteiger partial charge in [-0.2, -0.15) is 5.26 Å². The van der Waals surface area contributed by atoms with Gasteiger partial charge in [-0.15, -0.1) is 11.3 Å². The molecule has 0 aliphatic carbocycles. The zero-order chi connectivity index (χ0) is 13.1. The van der Waals surface area contributed by atoms with Gasteiger partial charge in [-0.3, -0.25) is 0 Å². The molecule has 0 radical (unpaired) electrons. The van der Waals surface area contributed by atoms with Gasteiger partial charge in [0.15, 0.2) is 0 Å². The molecular weight excluding hydrogens is 355 g/mol. The molecule has 6 heteroatoms. The van der Waals surface area contributed by atoms with Gasteiger partial charge in [-0.25, -0.2) is 0 Å². The number of rotatable bonds is 3. The van der Waals surface area contributed by atoms with E-state index < -0.39 is 6.04 Å². The molecular formula is C12H7BrCl2N2S. The van der Waals surface area contributed by atoms with Crippen LogP contribution in [0.3, 0.4) is 0 Å². The number of nitriles is 1. The van der Waals surface area contributed by atoms with Crippen LogP contribution in [0.5, 0.6) is 0 Å². The first-order valence-electron chi connectivity index (χ1n) is 4.96. The molecule has 0 aliphatic rings. The van der Waals surface area contributed by atoms with E-state index in [4.69, 9.17) is 23.2 Å². The number of halogens is 3. The number of benzene rings is 1. The average molecular weight is 362 g/mol. The number of nitrogens with zero attached hydrogens (tertiary/aromatic N) is 1. The Kier molecular flexibility index (Phi) is 4.52. The Morgan fingerprint density at radius 1 is 1.28 bits per heavy atom. The van der Waals surface area contributed by atoms with Crippen molar-refractivity contribution in [1.29, 1.82) is 5.26 Å². The molecule has 2 rings (SSSR count). The number of hydrogen-bond donors (Lipinski definition) is 1. The third kappa shape index (κ3) is 3.18. The molecule has 1 unspecified atom stereocenters. The molecule has 0 saturated carbocycles. The van der Waals surface area contributed by atoms with Crippen LogP contribution in [-0.2, 0) is 0 Å². The van der Waals surface area contributed by atoms with E-state index in [-0.39, 0.29) is 0 Å². The zero-order valence-electron chi connectivity index (χ0n) is 8.95. The smallest absolute Gasteiger partial charge is 0.149 e. The standard InChI is InChI=1S/C12H7BrCl2N2S/c13-9-5-11(18-12(9)15)10(6-16)17-8-3-1-7(14)2-4-8/h1-5,10,17H. The Labute approximate surface area is 127 Å². The number of thiophene rings is 1. The van der Waals surface area contributed by atoms with Crippen LogP contribution in [0.4, 0.5) is 5.69 Å². The molecule has 2 aromatic rings. The lowest BCUT2D eigenvalue weighted by molar-refractivity contribution is 1.03. The highest BCUT2D eigenvalue weighted by Gasteiger charge is 2.15. The van der Waals surface area contributed by atoms with Gasteiger partial charge in [0.05, 0.1) is 6.07 Å². The minimum Gasteiger partial charge on any atom is -0.366 e. The molecule has 0 bridgehead atoms. The van der Waals surface area contributed by atoms with Crippen LogP contribution >= 0.6 is 50.5 Å². The lowest BCUT2D eigenvalue weighted by Crippen LogP contribution is -2.06. The van der Waals surface area contributed by atoms with Crippen molar-refractivity contribution < 1.29 is 0 Å². The second kappa shape index (κ2) is 5.94. The summed E-state index contributed by atoms with van der Waals surface area (Å²) < 4.78 is 1.45. The fraction of sp³-hybridized carbons (Fsp3) is 0.0833. The van der Waals surface area contributed by atoms with Crippen molar-refractivity contribution in [3.63, 3.8) is 0 Å². The summed E-state index contributed by atoms with van der Waals surface area (Å²) in [5.41, 5.74) is 0.839. The SMILES string of the molecule is N#CC(Nc1ccc(Cl)cc1)c1cc(Br)c(Cl)s1. The highest BCUT2D eigenvalue weighted by Crippen LogP contribution is 2.36. The van der Waals surface area contributed by atoms with Crippen LogP contribution in [0.25, 0.3) is 0 Å². The van der Waals surface area contributed by atoms with Crippen molar-refractivity contribution in [2.24, 2.45) is 0 Å². The molecule has 0 fully saturated rings. The molecule has 2 nitrogen and oxygen atoms in total. The van der Waals surface area contributed by atoms with Gasteiger partial charge in [-0.1, -0.05) is 23.2 Å². The summed E-state index contributed by atoms with van der Waals surface area (Å²) in [6, 6.07) is 10.8. The first-order valence-corrected chi connectivity index (χ1v) is 7.33. The van der Waals surface area contributed by atoms with E-state index in [1.807, 2.05) is 18.2 Å². The maximum Gasteiger partial charge on any atom is 0.149 e. The lowest BCUT2D eigenvalue weighted by Gasteiger charge is -2.11. The molecule has 0 spiro atoms. The summed E-state index contributed by atoms with van der Waals surface area (Å²) in [4.78, 5) is 0.865. The van der Waals surface area contributed by atoms with E-state index in [0.29, 0.717) is 9.36 Å². The zero-order valence-corrected chi connectivity index (χ0v) is 12.9. The summed E-state index contributed by atoms with van der Waals surface area (Å²) in [6.45, 7) is 0. The fourth-order valence-electron chi connectivity index (χ4n) is 1.39. The van der Waals surface area contributed by atoms with Crippen LogP contribution in [0.15, 0.2) is 34.8 Å². The molecule has 0 amide bonds. The molecule has 1 N–H and O–H groups in total. The maximum absolute atomic E-state index is 9.21. The van der Waals surface area contributed by atoms with Crippen LogP contribution < -0.4 is 5.32 Å². The highest BCUT2D eigenvalue weighted by atomic mass is 79.9. The first-order chi connectivity index (χ1) is 8.60. The largest absolute Gasteiger partial charge is 0.366 e. The summed E-state index contributed by atoms with van der Waals surface area (Å²) in [5.74, 6) is 0. The number of hydrogen-bond acceptors (Lipinski definition) is 3. The monoisotopic (exact) mass is 360 g/mol. The molecule has 92 valence electrons. The van der Waals surface area contributed by atoms with Crippen LogP contribution in [0.2, 0.25) is 9.36 Å². The second-order valence-electron chi connectivity index (χ2n) is 3.48. The lowest BCUT2D eigenvalue weighted by atomic mass is 10.2. The van der Waals surface area contributed by atoms with Crippen molar-refractivity contribution in [2.75, 3.05) is 5.32 Å². The quantitative estimate of drug-likeness (QED) is 0.783. The highest BCUT2D eigenvalue weighted by molar-refractivity contribution is 9.10. The van der Waals surface area contributed by atoms with Gasteiger partial charge in [0, 0.05) is 20.1 Å². The van der Waals surface area contributed by atoms with E-state index in [0.717, 1.165) is 15.0 Å².